The van der Waals surface area contributed by atoms with Crippen molar-refractivity contribution in [3.05, 3.63) is 35.6 Å². The fourth-order valence-corrected chi connectivity index (χ4v) is 2.90. The summed E-state index contributed by atoms with van der Waals surface area (Å²) in [6, 6.07) is 5.72. The zero-order valence-electron chi connectivity index (χ0n) is 15.0. The lowest BCUT2D eigenvalue weighted by atomic mass is 9.95. The van der Waals surface area contributed by atoms with E-state index in [-0.39, 0.29) is 23.8 Å². The summed E-state index contributed by atoms with van der Waals surface area (Å²) in [5.41, 5.74) is 0.355. The van der Waals surface area contributed by atoms with Gasteiger partial charge in [-0.1, -0.05) is 6.07 Å². The van der Waals surface area contributed by atoms with Crippen LogP contribution in [-0.2, 0) is 9.53 Å². The molecule has 1 N–H and O–H groups in total. The van der Waals surface area contributed by atoms with Gasteiger partial charge in [-0.2, -0.15) is 0 Å². The molecule has 0 spiro atoms. The normalized spacial score (nSPS) is 15.4. The Hall–Kier alpha value is -1.95. The third-order valence-electron chi connectivity index (χ3n) is 4.30. The minimum absolute atomic E-state index is 0.0439. The Labute approximate surface area is 148 Å². The van der Waals surface area contributed by atoms with E-state index in [1.807, 2.05) is 13.8 Å². The summed E-state index contributed by atoms with van der Waals surface area (Å²) in [4.78, 5) is 26.2. The largest absolute Gasteiger partial charge is 0.379 e. The molecule has 1 aromatic rings. The van der Waals surface area contributed by atoms with E-state index >= 15 is 0 Å². The summed E-state index contributed by atoms with van der Waals surface area (Å²) < 4.78 is 18.7. The Bertz CT molecular complexity index is 584. The SMILES string of the molecule is CC(C)OCCCNC(=O)C1CCN(C(=O)c2cccc(F)c2)CC1. The Balaban J connectivity index is 1.72. The summed E-state index contributed by atoms with van der Waals surface area (Å²) in [7, 11) is 0. The van der Waals surface area contributed by atoms with Crippen LogP contribution in [0.25, 0.3) is 0 Å². The number of amides is 2. The van der Waals surface area contributed by atoms with Crippen LogP contribution >= 0.6 is 0 Å². The van der Waals surface area contributed by atoms with Gasteiger partial charge in [0.25, 0.3) is 5.91 Å². The first-order chi connectivity index (χ1) is 12.0. The average Bonchev–Trinajstić information content (AvgIpc) is 2.60. The molecule has 0 saturated carbocycles. The molecule has 0 bridgehead atoms. The first kappa shape index (κ1) is 19.4. The van der Waals surface area contributed by atoms with Crippen LogP contribution in [0.2, 0.25) is 0 Å². The van der Waals surface area contributed by atoms with Crippen LogP contribution < -0.4 is 5.32 Å². The lowest BCUT2D eigenvalue weighted by Crippen LogP contribution is -2.43. The molecule has 0 aromatic heterocycles. The zero-order valence-corrected chi connectivity index (χ0v) is 15.0. The molecule has 1 aromatic carbocycles. The molecule has 1 fully saturated rings. The van der Waals surface area contributed by atoms with Crippen molar-refractivity contribution in [2.75, 3.05) is 26.2 Å². The number of carbonyl (C=O) groups excluding carboxylic acids is 2. The maximum Gasteiger partial charge on any atom is 0.253 e. The van der Waals surface area contributed by atoms with Gasteiger partial charge in [-0.15, -0.1) is 0 Å². The zero-order chi connectivity index (χ0) is 18.2. The lowest BCUT2D eigenvalue weighted by Gasteiger charge is -2.31. The van der Waals surface area contributed by atoms with Crippen molar-refractivity contribution in [3.63, 3.8) is 0 Å². The average molecular weight is 350 g/mol. The fraction of sp³-hybridized carbons (Fsp3) is 0.579. The van der Waals surface area contributed by atoms with Crippen LogP contribution in [0, 0.1) is 11.7 Å². The molecule has 1 aliphatic heterocycles. The summed E-state index contributed by atoms with van der Waals surface area (Å²) in [5.74, 6) is -0.615. The standard InChI is InChI=1S/C19H27FN2O3/c1-14(2)25-12-4-9-21-18(23)15-7-10-22(11-8-15)19(24)16-5-3-6-17(20)13-16/h3,5-6,13-15H,4,7-12H2,1-2H3,(H,21,23). The molecule has 138 valence electrons. The van der Waals surface area contributed by atoms with E-state index in [1.54, 1.807) is 11.0 Å². The van der Waals surface area contributed by atoms with E-state index in [0.29, 0.717) is 44.6 Å². The number of nitrogens with zero attached hydrogens (tertiary/aromatic N) is 1. The monoisotopic (exact) mass is 350 g/mol. The van der Waals surface area contributed by atoms with Crippen molar-refractivity contribution in [2.24, 2.45) is 5.92 Å². The molecule has 0 atom stereocenters. The Morgan fingerprint density at radius 1 is 1.32 bits per heavy atom. The number of ether oxygens (including phenoxy) is 1. The van der Waals surface area contributed by atoms with E-state index in [0.717, 1.165) is 6.42 Å². The lowest BCUT2D eigenvalue weighted by molar-refractivity contribution is -0.126. The third-order valence-corrected chi connectivity index (χ3v) is 4.30. The van der Waals surface area contributed by atoms with Gasteiger partial charge in [0, 0.05) is 37.7 Å². The number of piperidine rings is 1. The summed E-state index contributed by atoms with van der Waals surface area (Å²) >= 11 is 0. The fourth-order valence-electron chi connectivity index (χ4n) is 2.90. The van der Waals surface area contributed by atoms with Crippen LogP contribution in [0.1, 0.15) is 43.5 Å². The number of halogens is 1. The molecule has 2 rings (SSSR count). The highest BCUT2D eigenvalue weighted by molar-refractivity contribution is 5.94. The Kier molecular flexibility index (Phi) is 7.37. The minimum Gasteiger partial charge on any atom is -0.379 e. The van der Waals surface area contributed by atoms with Gasteiger partial charge in [0.2, 0.25) is 5.91 Å². The highest BCUT2D eigenvalue weighted by Crippen LogP contribution is 2.19. The van der Waals surface area contributed by atoms with Crippen LogP contribution in [0.15, 0.2) is 24.3 Å². The highest BCUT2D eigenvalue weighted by Gasteiger charge is 2.27. The topological polar surface area (TPSA) is 58.6 Å². The second kappa shape index (κ2) is 9.51. The van der Waals surface area contributed by atoms with Crippen molar-refractivity contribution >= 4 is 11.8 Å². The maximum absolute atomic E-state index is 13.2. The van der Waals surface area contributed by atoms with Gasteiger partial charge in [-0.25, -0.2) is 4.39 Å². The van der Waals surface area contributed by atoms with Gasteiger partial charge in [0.15, 0.2) is 0 Å². The number of hydrogen-bond acceptors (Lipinski definition) is 3. The van der Waals surface area contributed by atoms with Crippen molar-refractivity contribution in [3.8, 4) is 0 Å². The Morgan fingerprint density at radius 3 is 2.68 bits per heavy atom. The van der Waals surface area contributed by atoms with Crippen molar-refractivity contribution in [1.29, 1.82) is 0 Å². The Morgan fingerprint density at radius 2 is 2.04 bits per heavy atom. The van der Waals surface area contributed by atoms with Gasteiger partial charge in [-0.3, -0.25) is 9.59 Å². The van der Waals surface area contributed by atoms with Crippen molar-refractivity contribution in [2.45, 2.75) is 39.2 Å². The van der Waals surface area contributed by atoms with Crippen LogP contribution in [-0.4, -0.2) is 49.1 Å². The molecular weight excluding hydrogens is 323 g/mol. The number of carbonyl (C=O) groups is 2. The van der Waals surface area contributed by atoms with Gasteiger partial charge >= 0.3 is 0 Å². The highest BCUT2D eigenvalue weighted by atomic mass is 19.1. The van der Waals surface area contributed by atoms with E-state index in [1.165, 1.54) is 18.2 Å². The van der Waals surface area contributed by atoms with E-state index in [4.69, 9.17) is 4.74 Å². The predicted octanol–water partition coefficient (Wildman–Crippen LogP) is 2.61. The summed E-state index contributed by atoms with van der Waals surface area (Å²) in [5, 5.41) is 2.94. The molecule has 6 heteroatoms. The van der Waals surface area contributed by atoms with E-state index in [2.05, 4.69) is 5.32 Å². The number of nitrogens with one attached hydrogen (secondary N) is 1. The number of rotatable bonds is 7. The number of benzene rings is 1. The van der Waals surface area contributed by atoms with Gasteiger partial charge in [-0.05, 0) is 51.3 Å². The van der Waals surface area contributed by atoms with E-state index < -0.39 is 5.82 Å². The van der Waals surface area contributed by atoms with Crippen LogP contribution in [0.4, 0.5) is 4.39 Å². The molecule has 1 saturated heterocycles. The van der Waals surface area contributed by atoms with Crippen LogP contribution in [0.5, 0.6) is 0 Å². The smallest absolute Gasteiger partial charge is 0.253 e. The first-order valence-corrected chi connectivity index (χ1v) is 8.91. The summed E-state index contributed by atoms with van der Waals surface area (Å²) in [6.45, 7) is 6.25. The quantitative estimate of drug-likeness (QED) is 0.769. The number of likely N-dealkylation sites (tertiary alicyclic amines) is 1. The summed E-state index contributed by atoms with van der Waals surface area (Å²) in [6.07, 6.45) is 2.27. The molecule has 0 aliphatic carbocycles. The maximum atomic E-state index is 13.2. The van der Waals surface area contributed by atoms with E-state index in [9.17, 15) is 14.0 Å². The van der Waals surface area contributed by atoms with Crippen molar-refractivity contribution < 1.29 is 18.7 Å². The second-order valence-electron chi connectivity index (χ2n) is 6.64. The predicted molar refractivity (Wildman–Crippen MR) is 93.7 cm³/mol. The molecule has 1 heterocycles. The molecule has 0 unspecified atom stereocenters. The van der Waals surface area contributed by atoms with Crippen LogP contribution in [0.3, 0.4) is 0 Å². The van der Waals surface area contributed by atoms with Crippen molar-refractivity contribution in [1.82, 2.24) is 10.2 Å². The minimum atomic E-state index is -0.415. The molecule has 2 amide bonds. The third kappa shape index (κ3) is 6.12. The first-order valence-electron chi connectivity index (χ1n) is 8.91. The van der Waals surface area contributed by atoms with Gasteiger partial charge < -0.3 is 15.0 Å². The van der Waals surface area contributed by atoms with Gasteiger partial charge in [0.1, 0.15) is 5.82 Å². The molecule has 0 radical (unpaired) electrons. The molecule has 1 aliphatic rings. The molecule has 25 heavy (non-hydrogen) atoms. The number of hydrogen-bond donors (Lipinski definition) is 1. The van der Waals surface area contributed by atoms with Gasteiger partial charge in [0.05, 0.1) is 6.10 Å². The second-order valence-corrected chi connectivity index (χ2v) is 6.64. The molecule has 5 nitrogen and oxygen atoms in total. The molecular formula is C19H27FN2O3.